The van der Waals surface area contributed by atoms with Gasteiger partial charge in [-0.15, -0.1) is 0 Å². The minimum absolute atomic E-state index is 0.0999. The van der Waals surface area contributed by atoms with E-state index >= 15 is 0 Å². The molecule has 1 aliphatic rings. The number of alkyl halides is 3. The Kier molecular flexibility index (Phi) is 4.78. The Hall–Kier alpha value is -2.38. The van der Waals surface area contributed by atoms with E-state index in [1.807, 2.05) is 19.1 Å². The highest BCUT2D eigenvalue weighted by Gasteiger charge is 2.35. The molecule has 8 heteroatoms. The first kappa shape index (κ1) is 17.4. The van der Waals surface area contributed by atoms with Gasteiger partial charge in [0, 0.05) is 37.6 Å². The summed E-state index contributed by atoms with van der Waals surface area (Å²) in [6.07, 6.45) is -0.253. The van der Waals surface area contributed by atoms with Crippen LogP contribution in [-0.2, 0) is 30.4 Å². The van der Waals surface area contributed by atoms with Crippen molar-refractivity contribution in [2.24, 2.45) is 5.92 Å². The summed E-state index contributed by atoms with van der Waals surface area (Å²) in [4.78, 5) is 19.8. The lowest BCUT2D eigenvalue weighted by Gasteiger charge is -2.23. The van der Waals surface area contributed by atoms with Crippen molar-refractivity contribution >= 4 is 5.91 Å². The lowest BCUT2D eigenvalue weighted by Crippen LogP contribution is -2.34. The molecule has 0 radical (unpaired) electrons. The SMILES string of the molecule is Cc1ccc(CC(=O)NCC2CCc3nc(C(F)(F)F)cn3C2)cn1. The van der Waals surface area contributed by atoms with Gasteiger partial charge in [-0.05, 0) is 30.9 Å². The molecule has 0 saturated carbocycles. The first-order valence-electron chi connectivity index (χ1n) is 8.13. The van der Waals surface area contributed by atoms with Gasteiger partial charge in [-0.25, -0.2) is 4.98 Å². The average Bonchev–Trinajstić information content (AvgIpc) is 2.99. The molecule has 0 aromatic carbocycles. The number of rotatable bonds is 4. The summed E-state index contributed by atoms with van der Waals surface area (Å²) >= 11 is 0. The summed E-state index contributed by atoms with van der Waals surface area (Å²) in [5.41, 5.74) is 0.873. The fourth-order valence-electron chi connectivity index (χ4n) is 2.93. The highest BCUT2D eigenvalue weighted by molar-refractivity contribution is 5.78. The zero-order valence-corrected chi connectivity index (χ0v) is 13.8. The molecule has 3 heterocycles. The second-order valence-corrected chi connectivity index (χ2v) is 6.39. The van der Waals surface area contributed by atoms with Crippen LogP contribution in [0, 0.1) is 12.8 Å². The van der Waals surface area contributed by atoms with Crippen molar-refractivity contribution in [3.63, 3.8) is 0 Å². The minimum Gasteiger partial charge on any atom is -0.355 e. The van der Waals surface area contributed by atoms with Gasteiger partial charge < -0.3 is 9.88 Å². The highest BCUT2D eigenvalue weighted by Crippen LogP contribution is 2.30. The maximum atomic E-state index is 12.7. The van der Waals surface area contributed by atoms with Gasteiger partial charge in [0.2, 0.25) is 5.91 Å². The molecule has 1 N–H and O–H groups in total. The molecular formula is C17H19F3N4O. The van der Waals surface area contributed by atoms with Crippen LogP contribution in [0.1, 0.15) is 29.2 Å². The molecule has 0 saturated heterocycles. The number of nitrogens with zero attached hydrogens (tertiary/aromatic N) is 3. The van der Waals surface area contributed by atoms with Crippen molar-refractivity contribution in [1.29, 1.82) is 0 Å². The predicted molar refractivity (Wildman–Crippen MR) is 84.7 cm³/mol. The van der Waals surface area contributed by atoms with Crippen LogP contribution in [0.2, 0.25) is 0 Å². The number of fused-ring (bicyclic) bond motifs is 1. The highest BCUT2D eigenvalue weighted by atomic mass is 19.4. The van der Waals surface area contributed by atoms with Crippen molar-refractivity contribution in [2.75, 3.05) is 6.54 Å². The van der Waals surface area contributed by atoms with Crippen LogP contribution in [0.4, 0.5) is 13.2 Å². The van der Waals surface area contributed by atoms with Gasteiger partial charge >= 0.3 is 6.18 Å². The largest absolute Gasteiger partial charge is 0.434 e. The number of imidazole rings is 1. The summed E-state index contributed by atoms with van der Waals surface area (Å²) in [6.45, 7) is 2.75. The van der Waals surface area contributed by atoms with Crippen LogP contribution < -0.4 is 5.32 Å². The van der Waals surface area contributed by atoms with Gasteiger partial charge in [-0.1, -0.05) is 6.07 Å². The number of nitrogens with one attached hydrogen (secondary N) is 1. The topological polar surface area (TPSA) is 59.8 Å². The second-order valence-electron chi connectivity index (χ2n) is 6.39. The number of carbonyl (C=O) groups is 1. The monoisotopic (exact) mass is 352 g/mol. The molecule has 1 amide bonds. The summed E-state index contributed by atoms with van der Waals surface area (Å²) in [6, 6.07) is 3.71. The molecule has 0 aliphatic carbocycles. The first-order chi connectivity index (χ1) is 11.8. The van der Waals surface area contributed by atoms with E-state index in [1.54, 1.807) is 10.8 Å². The first-order valence-corrected chi connectivity index (χ1v) is 8.13. The number of carbonyl (C=O) groups excluding carboxylic acids is 1. The Morgan fingerprint density at radius 1 is 1.40 bits per heavy atom. The van der Waals surface area contributed by atoms with Gasteiger partial charge in [0.05, 0.1) is 6.42 Å². The Labute approximate surface area is 143 Å². The van der Waals surface area contributed by atoms with Crippen LogP contribution in [0.3, 0.4) is 0 Å². The molecule has 2 aromatic heterocycles. The molecule has 0 bridgehead atoms. The van der Waals surface area contributed by atoms with E-state index < -0.39 is 11.9 Å². The molecule has 5 nitrogen and oxygen atoms in total. The molecule has 2 aromatic rings. The average molecular weight is 352 g/mol. The number of hydrogen-bond acceptors (Lipinski definition) is 3. The lowest BCUT2D eigenvalue weighted by molar-refractivity contribution is -0.141. The van der Waals surface area contributed by atoms with Crippen molar-refractivity contribution in [3.8, 4) is 0 Å². The standard InChI is InChI=1S/C17H19F3N4O/c1-11-2-3-12(7-21-11)6-16(25)22-8-13-4-5-15-23-14(17(18,19)20)10-24(15)9-13/h2-3,7,10,13H,4-6,8-9H2,1H3,(H,22,25). The normalized spacial score (nSPS) is 17.2. The third-order valence-electron chi connectivity index (χ3n) is 4.31. The molecule has 3 rings (SSSR count). The van der Waals surface area contributed by atoms with Gasteiger partial charge in [-0.2, -0.15) is 13.2 Å². The fourth-order valence-corrected chi connectivity index (χ4v) is 2.93. The van der Waals surface area contributed by atoms with E-state index in [1.165, 1.54) is 0 Å². The van der Waals surface area contributed by atoms with Crippen molar-refractivity contribution < 1.29 is 18.0 Å². The van der Waals surface area contributed by atoms with Gasteiger partial charge in [0.1, 0.15) is 5.82 Å². The van der Waals surface area contributed by atoms with Gasteiger partial charge in [-0.3, -0.25) is 9.78 Å². The maximum Gasteiger partial charge on any atom is 0.434 e. The quantitative estimate of drug-likeness (QED) is 0.920. The van der Waals surface area contributed by atoms with Crippen molar-refractivity contribution in [1.82, 2.24) is 19.9 Å². The zero-order valence-electron chi connectivity index (χ0n) is 13.8. The third kappa shape index (κ3) is 4.37. The Bertz CT molecular complexity index is 752. The van der Waals surface area contributed by atoms with E-state index in [-0.39, 0.29) is 18.2 Å². The zero-order chi connectivity index (χ0) is 18.0. The Morgan fingerprint density at radius 3 is 2.88 bits per heavy atom. The number of amides is 1. The molecule has 0 spiro atoms. The van der Waals surface area contributed by atoms with Crippen LogP contribution in [0.15, 0.2) is 24.5 Å². The Morgan fingerprint density at radius 2 is 2.20 bits per heavy atom. The number of pyridine rings is 1. The third-order valence-corrected chi connectivity index (χ3v) is 4.31. The second kappa shape index (κ2) is 6.85. The molecule has 1 unspecified atom stereocenters. The molecule has 25 heavy (non-hydrogen) atoms. The van der Waals surface area contributed by atoms with E-state index in [0.717, 1.165) is 17.5 Å². The summed E-state index contributed by atoms with van der Waals surface area (Å²) in [5.74, 6) is 0.446. The van der Waals surface area contributed by atoms with Gasteiger partial charge in [0.25, 0.3) is 0 Å². The molecular weight excluding hydrogens is 333 g/mol. The smallest absolute Gasteiger partial charge is 0.355 e. The Balaban J connectivity index is 1.52. The maximum absolute atomic E-state index is 12.7. The summed E-state index contributed by atoms with van der Waals surface area (Å²) < 4.78 is 39.7. The summed E-state index contributed by atoms with van der Waals surface area (Å²) in [7, 11) is 0. The van der Waals surface area contributed by atoms with E-state index in [0.29, 0.717) is 31.8 Å². The van der Waals surface area contributed by atoms with Crippen LogP contribution in [0.5, 0.6) is 0 Å². The van der Waals surface area contributed by atoms with Crippen molar-refractivity contribution in [2.45, 2.75) is 38.9 Å². The molecule has 1 atom stereocenters. The van der Waals surface area contributed by atoms with Gasteiger partial charge in [0.15, 0.2) is 5.69 Å². The van der Waals surface area contributed by atoms with Crippen LogP contribution in [0.25, 0.3) is 0 Å². The van der Waals surface area contributed by atoms with E-state index in [9.17, 15) is 18.0 Å². The number of hydrogen-bond donors (Lipinski definition) is 1. The fraction of sp³-hybridized carbons (Fsp3) is 0.471. The lowest BCUT2D eigenvalue weighted by atomic mass is 9.99. The number of halogens is 3. The molecule has 134 valence electrons. The van der Waals surface area contributed by atoms with Crippen LogP contribution in [-0.4, -0.2) is 27.0 Å². The van der Waals surface area contributed by atoms with Crippen LogP contribution >= 0.6 is 0 Å². The number of aromatic nitrogens is 3. The number of aryl methyl sites for hydroxylation is 2. The van der Waals surface area contributed by atoms with Crippen molar-refractivity contribution in [3.05, 3.63) is 47.3 Å². The van der Waals surface area contributed by atoms with E-state index in [4.69, 9.17) is 0 Å². The minimum atomic E-state index is -4.42. The van der Waals surface area contributed by atoms with E-state index in [2.05, 4.69) is 15.3 Å². The summed E-state index contributed by atoms with van der Waals surface area (Å²) in [5, 5.41) is 2.86. The molecule has 0 fully saturated rings. The molecule has 1 aliphatic heterocycles. The predicted octanol–water partition coefficient (Wildman–Crippen LogP) is 2.53.